The van der Waals surface area contributed by atoms with Gasteiger partial charge in [0, 0.05) is 5.92 Å². The molecule has 0 amide bonds. The maximum absolute atomic E-state index is 5.52. The van der Waals surface area contributed by atoms with Gasteiger partial charge in [-0.15, -0.1) is 0 Å². The molecule has 0 aromatic carbocycles. The molecular weight excluding hydrogens is 239 g/mol. The Balaban J connectivity index is 2.28. The molecule has 0 saturated heterocycles. The summed E-state index contributed by atoms with van der Waals surface area (Å²) in [5, 5.41) is 0. The molecule has 56 valence electrons. The van der Waals surface area contributed by atoms with Crippen molar-refractivity contribution in [3.05, 3.63) is 11.3 Å². The summed E-state index contributed by atoms with van der Waals surface area (Å²) in [6.07, 6.45) is 0. The van der Waals surface area contributed by atoms with E-state index >= 15 is 0 Å². The van der Waals surface area contributed by atoms with Crippen LogP contribution < -0.4 is 0 Å². The van der Waals surface area contributed by atoms with E-state index in [1.807, 2.05) is 0 Å². The van der Waals surface area contributed by atoms with Crippen molar-refractivity contribution < 1.29 is 4.74 Å². The second-order valence-electron chi connectivity index (χ2n) is 3.18. The summed E-state index contributed by atoms with van der Waals surface area (Å²) >= 11 is 2.47. The van der Waals surface area contributed by atoms with Gasteiger partial charge in [0.2, 0.25) is 0 Å². The molecule has 2 unspecified atom stereocenters. The maximum Gasteiger partial charge on any atom is 0.103 e. The molecule has 0 radical (unpaired) electrons. The van der Waals surface area contributed by atoms with Crippen molar-refractivity contribution in [1.29, 1.82) is 0 Å². The number of ether oxygens (including phenoxy) is 1. The SMILES string of the molecule is CC1C2=C(C1C)[C@H](I)CO2. The lowest BCUT2D eigenvalue weighted by molar-refractivity contribution is 0.185. The summed E-state index contributed by atoms with van der Waals surface area (Å²) in [6.45, 7) is 5.46. The van der Waals surface area contributed by atoms with Crippen LogP contribution in [-0.4, -0.2) is 10.5 Å². The van der Waals surface area contributed by atoms with Crippen molar-refractivity contribution in [3.8, 4) is 0 Å². The molecule has 10 heavy (non-hydrogen) atoms. The number of rotatable bonds is 0. The van der Waals surface area contributed by atoms with Crippen molar-refractivity contribution in [2.75, 3.05) is 6.61 Å². The van der Waals surface area contributed by atoms with E-state index in [2.05, 4.69) is 36.4 Å². The Morgan fingerprint density at radius 1 is 1.40 bits per heavy atom. The first-order chi connectivity index (χ1) is 4.72. The van der Waals surface area contributed by atoms with E-state index in [1.54, 1.807) is 5.57 Å². The molecule has 1 aliphatic heterocycles. The van der Waals surface area contributed by atoms with E-state index in [1.165, 1.54) is 5.76 Å². The molecule has 1 nitrogen and oxygen atoms in total. The van der Waals surface area contributed by atoms with E-state index in [0.29, 0.717) is 9.84 Å². The Hall–Kier alpha value is 0.270. The normalized spacial score (nSPS) is 44.5. The van der Waals surface area contributed by atoms with Crippen LogP contribution in [0.25, 0.3) is 0 Å². The van der Waals surface area contributed by atoms with Gasteiger partial charge in [-0.2, -0.15) is 0 Å². The highest BCUT2D eigenvalue weighted by Crippen LogP contribution is 2.48. The average Bonchev–Trinajstić information content (AvgIpc) is 2.27. The van der Waals surface area contributed by atoms with Crippen LogP contribution in [0.5, 0.6) is 0 Å². The Kier molecular flexibility index (Phi) is 1.48. The standard InChI is InChI=1S/C8H11IO/c1-4-5(2)8-7(4)6(9)3-10-8/h4-6H,3H2,1-2H3/t4?,5?,6-/m1/s1. The summed E-state index contributed by atoms with van der Waals surface area (Å²) in [7, 11) is 0. The van der Waals surface area contributed by atoms with Crippen LogP contribution in [0.2, 0.25) is 0 Å². The van der Waals surface area contributed by atoms with E-state index in [4.69, 9.17) is 4.74 Å². The van der Waals surface area contributed by atoms with Crippen LogP contribution in [-0.2, 0) is 4.74 Å². The fourth-order valence-electron chi connectivity index (χ4n) is 1.79. The molecule has 2 aliphatic rings. The van der Waals surface area contributed by atoms with Gasteiger partial charge in [0.15, 0.2) is 0 Å². The van der Waals surface area contributed by atoms with Crippen molar-refractivity contribution in [2.24, 2.45) is 11.8 Å². The third-order valence-corrected chi connectivity index (χ3v) is 3.69. The molecule has 0 fully saturated rings. The van der Waals surface area contributed by atoms with Gasteiger partial charge in [0.1, 0.15) is 12.4 Å². The van der Waals surface area contributed by atoms with Crippen LogP contribution in [0.1, 0.15) is 13.8 Å². The molecule has 2 rings (SSSR count). The van der Waals surface area contributed by atoms with Crippen LogP contribution in [0.4, 0.5) is 0 Å². The highest BCUT2D eigenvalue weighted by atomic mass is 127. The monoisotopic (exact) mass is 250 g/mol. The zero-order chi connectivity index (χ0) is 7.30. The average molecular weight is 250 g/mol. The lowest BCUT2D eigenvalue weighted by Gasteiger charge is -2.32. The number of hydrogen-bond acceptors (Lipinski definition) is 1. The number of halogens is 1. The molecule has 3 atom stereocenters. The van der Waals surface area contributed by atoms with Gasteiger partial charge in [-0.25, -0.2) is 0 Å². The Morgan fingerprint density at radius 2 is 2.10 bits per heavy atom. The van der Waals surface area contributed by atoms with Gasteiger partial charge < -0.3 is 4.74 Å². The summed E-state index contributed by atoms with van der Waals surface area (Å²) in [6, 6.07) is 0. The highest BCUT2D eigenvalue weighted by molar-refractivity contribution is 14.1. The third kappa shape index (κ3) is 0.684. The van der Waals surface area contributed by atoms with E-state index in [0.717, 1.165) is 12.5 Å². The minimum atomic E-state index is 0.666. The second-order valence-corrected chi connectivity index (χ2v) is 4.68. The van der Waals surface area contributed by atoms with Gasteiger partial charge in [-0.1, -0.05) is 36.4 Å². The molecule has 2 heteroatoms. The van der Waals surface area contributed by atoms with Gasteiger partial charge in [-0.05, 0) is 11.5 Å². The smallest absolute Gasteiger partial charge is 0.103 e. The maximum atomic E-state index is 5.52. The third-order valence-electron chi connectivity index (χ3n) is 2.66. The molecule has 0 saturated carbocycles. The first-order valence-electron chi connectivity index (χ1n) is 3.72. The molecule has 0 N–H and O–H groups in total. The van der Waals surface area contributed by atoms with Crippen LogP contribution in [0.3, 0.4) is 0 Å². The highest BCUT2D eigenvalue weighted by Gasteiger charge is 2.43. The topological polar surface area (TPSA) is 9.23 Å². The lowest BCUT2D eigenvalue weighted by atomic mass is 9.75. The summed E-state index contributed by atoms with van der Waals surface area (Å²) < 4.78 is 6.18. The first-order valence-corrected chi connectivity index (χ1v) is 4.97. The van der Waals surface area contributed by atoms with Crippen LogP contribution >= 0.6 is 22.6 Å². The predicted octanol–water partition coefficient (Wildman–Crippen LogP) is 2.36. The fourth-order valence-corrected chi connectivity index (χ4v) is 2.85. The number of hydrogen-bond donors (Lipinski definition) is 0. The summed E-state index contributed by atoms with van der Waals surface area (Å²) in [5.41, 5.74) is 1.58. The molecule has 0 aromatic heterocycles. The summed E-state index contributed by atoms with van der Waals surface area (Å²) in [5.74, 6) is 2.76. The van der Waals surface area contributed by atoms with E-state index in [9.17, 15) is 0 Å². The molecular formula is C8H11IO. The minimum Gasteiger partial charge on any atom is -0.496 e. The van der Waals surface area contributed by atoms with Gasteiger partial charge in [0.25, 0.3) is 0 Å². The molecule has 0 aromatic rings. The van der Waals surface area contributed by atoms with Gasteiger partial charge >= 0.3 is 0 Å². The van der Waals surface area contributed by atoms with E-state index in [-0.39, 0.29) is 0 Å². The van der Waals surface area contributed by atoms with Gasteiger partial charge in [0.05, 0.1) is 3.92 Å². The van der Waals surface area contributed by atoms with Crippen molar-refractivity contribution >= 4 is 22.6 Å². The first kappa shape index (κ1) is 6.95. The summed E-state index contributed by atoms with van der Waals surface area (Å²) in [4.78, 5) is 0. The Morgan fingerprint density at radius 3 is 2.70 bits per heavy atom. The molecule has 0 bridgehead atoms. The van der Waals surface area contributed by atoms with Crippen molar-refractivity contribution in [1.82, 2.24) is 0 Å². The quantitative estimate of drug-likeness (QED) is 0.473. The van der Waals surface area contributed by atoms with Crippen LogP contribution in [0.15, 0.2) is 11.3 Å². The van der Waals surface area contributed by atoms with Gasteiger partial charge in [-0.3, -0.25) is 0 Å². The molecule has 1 aliphatic carbocycles. The second kappa shape index (κ2) is 2.13. The predicted molar refractivity (Wildman–Crippen MR) is 49.1 cm³/mol. The largest absolute Gasteiger partial charge is 0.496 e. The minimum absolute atomic E-state index is 0.666. The number of alkyl halides is 1. The lowest BCUT2D eigenvalue weighted by Crippen LogP contribution is -2.26. The van der Waals surface area contributed by atoms with Crippen molar-refractivity contribution in [3.63, 3.8) is 0 Å². The van der Waals surface area contributed by atoms with Crippen LogP contribution in [0, 0.1) is 11.8 Å². The van der Waals surface area contributed by atoms with Crippen molar-refractivity contribution in [2.45, 2.75) is 17.8 Å². The zero-order valence-corrected chi connectivity index (χ0v) is 8.38. The van der Waals surface area contributed by atoms with E-state index < -0.39 is 0 Å². The fraction of sp³-hybridized carbons (Fsp3) is 0.750. The molecule has 0 spiro atoms. The Bertz CT molecular complexity index is 197. The number of allylic oxidation sites excluding steroid dienone is 1. The molecule has 1 heterocycles. The zero-order valence-electron chi connectivity index (χ0n) is 6.23. The Labute approximate surface area is 75.0 Å².